The van der Waals surface area contributed by atoms with E-state index < -0.39 is 15.8 Å². The minimum atomic E-state index is -4.07. The lowest BCUT2D eigenvalue weighted by Gasteiger charge is -2.16. The van der Waals surface area contributed by atoms with Gasteiger partial charge in [0.05, 0.1) is 10.6 Å². The molecule has 0 saturated heterocycles. The summed E-state index contributed by atoms with van der Waals surface area (Å²) in [5.74, 6) is -1.11. The molecular weight excluding hydrogens is 464 g/mol. The number of hydrogen-bond acceptors (Lipinski definition) is 6. The lowest BCUT2D eigenvalue weighted by atomic mass is 9.93. The van der Waals surface area contributed by atoms with Crippen LogP contribution < -0.4 is 0 Å². The molecule has 0 N–H and O–H groups in total. The number of carbonyl (C=O) groups excluding carboxylic acids is 2. The van der Waals surface area contributed by atoms with Crippen molar-refractivity contribution in [2.45, 2.75) is 11.8 Å². The number of hydrogen-bond donors (Lipinski definition) is 0. The molecule has 0 saturated carbocycles. The Labute approximate surface area is 201 Å². The molecule has 2 aliphatic rings. The highest BCUT2D eigenvalue weighted by Gasteiger charge is 2.28. The van der Waals surface area contributed by atoms with Crippen molar-refractivity contribution in [3.05, 3.63) is 119 Å². The molecule has 0 aliphatic heterocycles. The van der Waals surface area contributed by atoms with Crippen LogP contribution in [-0.4, -0.2) is 31.4 Å². The molecule has 0 aromatic heterocycles. The summed E-state index contributed by atoms with van der Waals surface area (Å²) in [6, 6.07) is 20.0. The number of nitrogens with zero attached hydrogens (tertiary/aromatic N) is 2. The highest BCUT2D eigenvalue weighted by molar-refractivity contribution is 7.90. The highest BCUT2D eigenvalue weighted by atomic mass is 32.2. The van der Waals surface area contributed by atoms with Crippen molar-refractivity contribution >= 4 is 39.1 Å². The van der Waals surface area contributed by atoms with Crippen molar-refractivity contribution in [2.24, 2.45) is 9.55 Å². The van der Waals surface area contributed by atoms with Crippen LogP contribution in [0.25, 0.3) is 6.08 Å². The van der Waals surface area contributed by atoms with Gasteiger partial charge in [-0.3, -0.25) is 9.59 Å². The number of benzene rings is 3. The van der Waals surface area contributed by atoms with Crippen LogP contribution in [0.5, 0.6) is 0 Å². The van der Waals surface area contributed by atoms with Gasteiger partial charge in [0.15, 0.2) is 5.71 Å². The summed E-state index contributed by atoms with van der Waals surface area (Å²) < 4.78 is 29.9. The zero-order valence-corrected chi connectivity index (χ0v) is 19.3. The van der Waals surface area contributed by atoms with Gasteiger partial charge in [0.1, 0.15) is 0 Å². The summed E-state index contributed by atoms with van der Waals surface area (Å²) in [6.45, 7) is 1.85. The van der Waals surface area contributed by atoms with Crippen LogP contribution in [0.1, 0.15) is 32.6 Å². The van der Waals surface area contributed by atoms with Gasteiger partial charge in [0, 0.05) is 22.8 Å². The molecule has 0 heterocycles. The van der Waals surface area contributed by atoms with Crippen LogP contribution >= 0.6 is 0 Å². The zero-order chi connectivity index (χ0) is 24.6. The Morgan fingerprint density at radius 2 is 1.43 bits per heavy atom. The maximum Gasteiger partial charge on any atom is 0.282 e. The molecular formula is C27H18N2O5S. The van der Waals surface area contributed by atoms with Gasteiger partial charge in [-0.15, -0.1) is 0 Å². The average molecular weight is 483 g/mol. The second-order valence-electron chi connectivity index (χ2n) is 7.96. The van der Waals surface area contributed by atoms with E-state index >= 15 is 0 Å². The zero-order valence-electron chi connectivity index (χ0n) is 18.5. The van der Waals surface area contributed by atoms with Crippen LogP contribution in [0.15, 0.2) is 105 Å². The molecule has 35 heavy (non-hydrogen) atoms. The lowest BCUT2D eigenvalue weighted by molar-refractivity contribution is -0.109. The van der Waals surface area contributed by atoms with Gasteiger partial charge >= 0.3 is 0 Å². The second kappa shape index (κ2) is 8.73. The SMILES string of the molecule is Cc1ccc(S(=O)(=O)/N=C2\C=C(O/N=C3/C(=O)C=Cc4ccccc43)C(=O)c3ccccc32)cc1. The van der Waals surface area contributed by atoms with E-state index in [-0.39, 0.29) is 33.4 Å². The molecule has 8 heteroatoms. The highest BCUT2D eigenvalue weighted by Crippen LogP contribution is 2.26. The average Bonchev–Trinajstić information content (AvgIpc) is 2.86. The molecule has 0 bridgehead atoms. The molecule has 3 aromatic rings. The first-order valence-electron chi connectivity index (χ1n) is 10.7. The van der Waals surface area contributed by atoms with E-state index in [9.17, 15) is 18.0 Å². The Hall–Kier alpha value is -4.43. The van der Waals surface area contributed by atoms with Gasteiger partial charge in [-0.05, 0) is 30.7 Å². The number of allylic oxidation sites excluding steroid dienone is 3. The number of sulfonamides is 1. The summed E-state index contributed by atoms with van der Waals surface area (Å²) in [7, 11) is -4.07. The van der Waals surface area contributed by atoms with Crippen molar-refractivity contribution in [1.82, 2.24) is 0 Å². The van der Waals surface area contributed by atoms with Gasteiger partial charge in [0.2, 0.25) is 17.3 Å². The third kappa shape index (κ3) is 4.27. The number of carbonyl (C=O) groups is 2. The van der Waals surface area contributed by atoms with Crippen LogP contribution in [0.4, 0.5) is 0 Å². The van der Waals surface area contributed by atoms with Gasteiger partial charge in [-0.1, -0.05) is 77.5 Å². The maximum atomic E-state index is 13.1. The first-order valence-corrected chi connectivity index (χ1v) is 12.1. The van der Waals surface area contributed by atoms with Crippen LogP contribution in [0.2, 0.25) is 0 Å². The van der Waals surface area contributed by atoms with Gasteiger partial charge < -0.3 is 4.84 Å². The Morgan fingerprint density at radius 3 is 2.17 bits per heavy atom. The number of aryl methyl sites for hydroxylation is 1. The predicted molar refractivity (Wildman–Crippen MR) is 132 cm³/mol. The van der Waals surface area contributed by atoms with Crippen LogP contribution in [0.3, 0.4) is 0 Å². The summed E-state index contributed by atoms with van der Waals surface area (Å²) in [4.78, 5) is 31.0. The molecule has 172 valence electrons. The molecule has 0 radical (unpaired) electrons. The molecule has 3 aromatic carbocycles. The number of oxime groups is 1. The Bertz CT molecular complexity index is 1610. The number of rotatable bonds is 4. The quantitative estimate of drug-likeness (QED) is 0.517. The van der Waals surface area contributed by atoms with E-state index in [1.165, 1.54) is 24.3 Å². The smallest absolute Gasteiger partial charge is 0.282 e. The standard InChI is InChI=1S/C27H18N2O5S/c1-17-10-13-19(14-11-17)35(32,33)29-23-16-25(27(31)22-9-5-4-8-21(22)23)34-28-26-20-7-3-2-6-18(20)12-15-24(26)30/h2-16H,1H3/b28-26+,29-23+. The van der Waals surface area contributed by atoms with E-state index in [4.69, 9.17) is 4.84 Å². The monoisotopic (exact) mass is 482 g/mol. The van der Waals surface area contributed by atoms with E-state index in [1.807, 2.05) is 19.1 Å². The Balaban J connectivity index is 1.57. The van der Waals surface area contributed by atoms with Crippen molar-refractivity contribution < 1.29 is 22.8 Å². The Morgan fingerprint density at radius 1 is 0.771 bits per heavy atom. The third-order valence-corrected chi connectivity index (χ3v) is 6.88. The third-order valence-electron chi connectivity index (χ3n) is 5.58. The first-order chi connectivity index (χ1) is 16.8. The van der Waals surface area contributed by atoms with Crippen LogP contribution in [0, 0.1) is 6.92 Å². The number of ketones is 2. The molecule has 5 rings (SSSR count). The van der Waals surface area contributed by atoms with Gasteiger partial charge in [-0.2, -0.15) is 12.8 Å². The molecule has 0 atom stereocenters. The predicted octanol–water partition coefficient (Wildman–Crippen LogP) is 4.27. The maximum absolute atomic E-state index is 13.1. The van der Waals surface area contributed by atoms with E-state index in [2.05, 4.69) is 9.55 Å². The lowest BCUT2D eigenvalue weighted by Crippen LogP contribution is -2.21. The van der Waals surface area contributed by atoms with E-state index in [1.54, 1.807) is 54.6 Å². The topological polar surface area (TPSA) is 102 Å². The van der Waals surface area contributed by atoms with Crippen molar-refractivity contribution in [3.8, 4) is 0 Å². The van der Waals surface area contributed by atoms with Gasteiger partial charge in [-0.25, -0.2) is 0 Å². The summed E-state index contributed by atoms with van der Waals surface area (Å²) in [5, 5.41) is 3.97. The van der Waals surface area contributed by atoms with E-state index in [0.717, 1.165) is 11.1 Å². The molecule has 0 spiro atoms. The fraction of sp³-hybridized carbons (Fsp3) is 0.0370. The second-order valence-corrected chi connectivity index (χ2v) is 9.57. The largest absolute Gasteiger partial charge is 0.352 e. The van der Waals surface area contributed by atoms with Gasteiger partial charge in [0.25, 0.3) is 10.0 Å². The molecule has 2 aliphatic carbocycles. The van der Waals surface area contributed by atoms with Crippen molar-refractivity contribution in [1.29, 1.82) is 0 Å². The van der Waals surface area contributed by atoms with Crippen molar-refractivity contribution in [3.63, 3.8) is 0 Å². The van der Waals surface area contributed by atoms with Crippen LogP contribution in [-0.2, 0) is 19.7 Å². The van der Waals surface area contributed by atoms with E-state index in [0.29, 0.717) is 11.1 Å². The normalized spacial score (nSPS) is 17.2. The molecule has 0 unspecified atom stereocenters. The minimum absolute atomic E-state index is 0.0253. The molecule has 7 nitrogen and oxygen atoms in total. The summed E-state index contributed by atoms with van der Waals surface area (Å²) in [6.07, 6.45) is 4.28. The summed E-state index contributed by atoms with van der Waals surface area (Å²) in [5.41, 5.74) is 2.92. The molecule has 0 fully saturated rings. The number of Topliss-reactive ketones (excluding diaryl/α,β-unsaturated/α-hetero) is 1. The number of fused-ring (bicyclic) bond motifs is 2. The first kappa shape index (κ1) is 22.4. The minimum Gasteiger partial charge on any atom is -0.352 e. The molecule has 0 amide bonds. The Kier molecular flexibility index (Phi) is 5.58. The van der Waals surface area contributed by atoms with Crippen molar-refractivity contribution in [2.75, 3.05) is 0 Å². The fourth-order valence-corrected chi connectivity index (χ4v) is 4.76. The fourth-order valence-electron chi connectivity index (χ4n) is 3.76. The summed E-state index contributed by atoms with van der Waals surface area (Å²) >= 11 is 0.